The van der Waals surface area contributed by atoms with E-state index in [0.29, 0.717) is 5.41 Å². The van der Waals surface area contributed by atoms with Gasteiger partial charge in [0.05, 0.1) is 0 Å². The summed E-state index contributed by atoms with van der Waals surface area (Å²) in [6.07, 6.45) is 9.97. The van der Waals surface area contributed by atoms with Crippen LogP contribution in [0.15, 0.2) is 0 Å². The molecule has 17 heavy (non-hydrogen) atoms. The third kappa shape index (κ3) is 3.69. The molecule has 2 fully saturated rings. The fraction of sp³-hybridized carbons (Fsp3) is 1.00. The van der Waals surface area contributed by atoms with Gasteiger partial charge in [-0.05, 0) is 50.6 Å². The highest BCUT2D eigenvalue weighted by Crippen LogP contribution is 2.40. The highest BCUT2D eigenvalue weighted by atomic mass is 15.2. The van der Waals surface area contributed by atoms with Gasteiger partial charge in [-0.1, -0.05) is 26.7 Å². The standard InChI is InChI=1S/C15H30N2/c1-3-11-16-12-15(9-5-6-10-15)13-17(4-2)14-7-8-14/h14,16H,3-13H2,1-2H3. The van der Waals surface area contributed by atoms with Crippen LogP contribution in [0.25, 0.3) is 0 Å². The lowest BCUT2D eigenvalue weighted by Crippen LogP contribution is -2.43. The zero-order valence-corrected chi connectivity index (χ0v) is 11.8. The molecule has 2 nitrogen and oxygen atoms in total. The van der Waals surface area contributed by atoms with Crippen LogP contribution in [-0.2, 0) is 0 Å². The van der Waals surface area contributed by atoms with Gasteiger partial charge in [0.25, 0.3) is 0 Å². The molecule has 2 aliphatic rings. The van der Waals surface area contributed by atoms with Crippen LogP contribution >= 0.6 is 0 Å². The van der Waals surface area contributed by atoms with Crippen LogP contribution in [-0.4, -0.2) is 37.1 Å². The molecule has 0 aliphatic heterocycles. The van der Waals surface area contributed by atoms with Crippen molar-refractivity contribution in [1.82, 2.24) is 10.2 Å². The minimum Gasteiger partial charge on any atom is -0.316 e. The Kier molecular flexibility index (Phi) is 4.87. The smallest absolute Gasteiger partial charge is 0.00965 e. The Morgan fingerprint density at radius 2 is 1.88 bits per heavy atom. The van der Waals surface area contributed by atoms with E-state index in [0.717, 1.165) is 6.04 Å². The van der Waals surface area contributed by atoms with Crippen LogP contribution in [0.2, 0.25) is 0 Å². The van der Waals surface area contributed by atoms with Gasteiger partial charge in [-0.2, -0.15) is 0 Å². The van der Waals surface area contributed by atoms with Crippen molar-refractivity contribution >= 4 is 0 Å². The largest absolute Gasteiger partial charge is 0.316 e. The lowest BCUT2D eigenvalue weighted by Gasteiger charge is -2.35. The average Bonchev–Trinajstić information content (AvgIpc) is 3.08. The second kappa shape index (κ2) is 6.19. The summed E-state index contributed by atoms with van der Waals surface area (Å²) in [5, 5.41) is 3.68. The van der Waals surface area contributed by atoms with Crippen molar-refractivity contribution < 1.29 is 0 Å². The third-order valence-electron chi connectivity index (χ3n) is 4.60. The summed E-state index contributed by atoms with van der Waals surface area (Å²) in [5.41, 5.74) is 0.605. The van der Waals surface area contributed by atoms with E-state index in [-0.39, 0.29) is 0 Å². The molecular formula is C15H30N2. The fourth-order valence-electron chi connectivity index (χ4n) is 3.42. The lowest BCUT2D eigenvalue weighted by atomic mass is 9.85. The number of rotatable bonds is 8. The van der Waals surface area contributed by atoms with Gasteiger partial charge >= 0.3 is 0 Å². The normalized spacial score (nSPS) is 23.5. The Morgan fingerprint density at radius 3 is 2.41 bits per heavy atom. The predicted molar refractivity (Wildman–Crippen MR) is 74.3 cm³/mol. The number of nitrogens with one attached hydrogen (secondary N) is 1. The molecule has 2 aliphatic carbocycles. The highest BCUT2D eigenvalue weighted by Gasteiger charge is 2.38. The molecule has 0 saturated heterocycles. The Labute approximate surface area is 107 Å². The summed E-state index contributed by atoms with van der Waals surface area (Å²) in [4.78, 5) is 2.75. The van der Waals surface area contributed by atoms with Crippen LogP contribution in [0.4, 0.5) is 0 Å². The van der Waals surface area contributed by atoms with E-state index in [2.05, 4.69) is 24.1 Å². The van der Waals surface area contributed by atoms with Gasteiger partial charge in [0.1, 0.15) is 0 Å². The highest BCUT2D eigenvalue weighted by molar-refractivity contribution is 4.93. The van der Waals surface area contributed by atoms with E-state index < -0.39 is 0 Å². The van der Waals surface area contributed by atoms with Gasteiger partial charge in [-0.3, -0.25) is 0 Å². The summed E-state index contributed by atoms with van der Waals surface area (Å²) < 4.78 is 0. The van der Waals surface area contributed by atoms with Crippen LogP contribution in [0.5, 0.6) is 0 Å². The predicted octanol–water partition coefficient (Wildman–Crippen LogP) is 3.03. The molecule has 2 rings (SSSR count). The molecule has 0 atom stereocenters. The Balaban J connectivity index is 1.85. The van der Waals surface area contributed by atoms with Crippen LogP contribution in [0.1, 0.15) is 58.8 Å². The van der Waals surface area contributed by atoms with E-state index in [1.165, 1.54) is 71.1 Å². The van der Waals surface area contributed by atoms with E-state index in [1.807, 2.05) is 0 Å². The third-order valence-corrected chi connectivity index (χ3v) is 4.60. The lowest BCUT2D eigenvalue weighted by molar-refractivity contribution is 0.147. The molecule has 2 heteroatoms. The maximum Gasteiger partial charge on any atom is 0.00965 e. The molecule has 0 bridgehead atoms. The van der Waals surface area contributed by atoms with Crippen molar-refractivity contribution in [1.29, 1.82) is 0 Å². The molecule has 0 radical (unpaired) electrons. The first kappa shape index (κ1) is 13.4. The van der Waals surface area contributed by atoms with Gasteiger partial charge in [0.2, 0.25) is 0 Å². The summed E-state index contributed by atoms with van der Waals surface area (Å²) in [7, 11) is 0. The second-order valence-electron chi connectivity index (χ2n) is 6.18. The average molecular weight is 238 g/mol. The first-order valence-corrected chi connectivity index (χ1v) is 7.74. The quantitative estimate of drug-likeness (QED) is 0.654. The van der Waals surface area contributed by atoms with Crippen molar-refractivity contribution in [2.24, 2.45) is 5.41 Å². The topological polar surface area (TPSA) is 15.3 Å². The molecule has 2 saturated carbocycles. The minimum atomic E-state index is 0.605. The van der Waals surface area contributed by atoms with Crippen molar-refractivity contribution in [3.05, 3.63) is 0 Å². The molecule has 0 heterocycles. The van der Waals surface area contributed by atoms with Crippen LogP contribution in [0.3, 0.4) is 0 Å². The molecule has 0 aromatic rings. The van der Waals surface area contributed by atoms with Crippen LogP contribution in [0, 0.1) is 5.41 Å². The van der Waals surface area contributed by atoms with Crippen molar-refractivity contribution in [3.63, 3.8) is 0 Å². The molecule has 1 N–H and O–H groups in total. The minimum absolute atomic E-state index is 0.605. The van der Waals surface area contributed by atoms with E-state index in [1.54, 1.807) is 0 Å². The first-order valence-electron chi connectivity index (χ1n) is 7.74. The summed E-state index contributed by atoms with van der Waals surface area (Å²) in [6, 6.07) is 0.934. The number of hydrogen-bond acceptors (Lipinski definition) is 2. The van der Waals surface area contributed by atoms with E-state index in [9.17, 15) is 0 Å². The summed E-state index contributed by atoms with van der Waals surface area (Å²) >= 11 is 0. The van der Waals surface area contributed by atoms with E-state index >= 15 is 0 Å². The van der Waals surface area contributed by atoms with Crippen molar-refractivity contribution in [2.45, 2.75) is 64.8 Å². The SMILES string of the molecule is CCCNCC1(CN(CC)C2CC2)CCCC1. The van der Waals surface area contributed by atoms with Crippen LogP contribution < -0.4 is 5.32 Å². The van der Waals surface area contributed by atoms with E-state index in [4.69, 9.17) is 0 Å². The number of nitrogens with zero attached hydrogens (tertiary/aromatic N) is 1. The molecule has 100 valence electrons. The fourth-order valence-corrected chi connectivity index (χ4v) is 3.42. The summed E-state index contributed by atoms with van der Waals surface area (Å²) in [5.74, 6) is 0. The van der Waals surface area contributed by atoms with Gasteiger partial charge in [-0.15, -0.1) is 0 Å². The Bertz CT molecular complexity index is 217. The molecule has 0 spiro atoms. The molecule has 0 unspecified atom stereocenters. The molecule has 0 aromatic carbocycles. The van der Waals surface area contributed by atoms with Gasteiger partial charge in [0.15, 0.2) is 0 Å². The molecule has 0 aromatic heterocycles. The van der Waals surface area contributed by atoms with Gasteiger partial charge in [-0.25, -0.2) is 0 Å². The van der Waals surface area contributed by atoms with Gasteiger partial charge in [0, 0.05) is 19.1 Å². The maximum absolute atomic E-state index is 3.68. The Morgan fingerprint density at radius 1 is 1.18 bits per heavy atom. The first-order chi connectivity index (χ1) is 8.29. The number of hydrogen-bond donors (Lipinski definition) is 1. The molecule has 0 amide bonds. The molecular weight excluding hydrogens is 208 g/mol. The summed E-state index contributed by atoms with van der Waals surface area (Å²) in [6.45, 7) is 9.64. The zero-order chi connectivity index (χ0) is 12.1. The monoisotopic (exact) mass is 238 g/mol. The second-order valence-corrected chi connectivity index (χ2v) is 6.18. The van der Waals surface area contributed by atoms with Crippen molar-refractivity contribution in [3.8, 4) is 0 Å². The Hall–Kier alpha value is -0.0800. The van der Waals surface area contributed by atoms with Crippen molar-refractivity contribution in [2.75, 3.05) is 26.2 Å². The maximum atomic E-state index is 3.68. The zero-order valence-electron chi connectivity index (χ0n) is 11.8. The van der Waals surface area contributed by atoms with Gasteiger partial charge < -0.3 is 10.2 Å².